The standard InChI is InChI=1S/C16H21BrN2O2/c1-3-6-11(2)18-16(21)12-9-15(20)19(10-12)14-8-5-4-7-13(14)17/h4-5,7-8,11-12H,3,6,9-10H2,1-2H3,(H,18,21). The average molecular weight is 353 g/mol. The molecule has 2 atom stereocenters. The van der Waals surface area contributed by atoms with Gasteiger partial charge in [-0.25, -0.2) is 0 Å². The van der Waals surface area contributed by atoms with Crippen molar-refractivity contribution >= 4 is 33.4 Å². The van der Waals surface area contributed by atoms with Gasteiger partial charge in [-0.1, -0.05) is 25.5 Å². The van der Waals surface area contributed by atoms with E-state index < -0.39 is 0 Å². The van der Waals surface area contributed by atoms with E-state index in [-0.39, 0.29) is 30.2 Å². The van der Waals surface area contributed by atoms with Crippen LogP contribution < -0.4 is 10.2 Å². The van der Waals surface area contributed by atoms with E-state index in [2.05, 4.69) is 28.2 Å². The summed E-state index contributed by atoms with van der Waals surface area (Å²) in [7, 11) is 0. The van der Waals surface area contributed by atoms with Gasteiger partial charge in [0.25, 0.3) is 0 Å². The summed E-state index contributed by atoms with van der Waals surface area (Å²) in [6, 6.07) is 7.76. The number of amides is 2. The van der Waals surface area contributed by atoms with Crippen LogP contribution in [0.25, 0.3) is 0 Å². The highest BCUT2D eigenvalue weighted by Gasteiger charge is 2.35. The molecule has 5 heteroatoms. The van der Waals surface area contributed by atoms with Gasteiger partial charge in [0.15, 0.2) is 0 Å². The molecular formula is C16H21BrN2O2. The van der Waals surface area contributed by atoms with Crippen LogP contribution in [0, 0.1) is 5.92 Å². The molecule has 0 bridgehead atoms. The van der Waals surface area contributed by atoms with E-state index >= 15 is 0 Å². The van der Waals surface area contributed by atoms with E-state index in [0.29, 0.717) is 6.54 Å². The fourth-order valence-electron chi connectivity index (χ4n) is 2.65. The molecule has 21 heavy (non-hydrogen) atoms. The first-order chi connectivity index (χ1) is 10.0. The molecule has 114 valence electrons. The molecule has 1 N–H and O–H groups in total. The Bertz CT molecular complexity index is 533. The van der Waals surface area contributed by atoms with Crippen LogP contribution in [0.15, 0.2) is 28.7 Å². The van der Waals surface area contributed by atoms with Crippen LogP contribution >= 0.6 is 15.9 Å². The smallest absolute Gasteiger partial charge is 0.227 e. The van der Waals surface area contributed by atoms with Crippen molar-refractivity contribution in [1.29, 1.82) is 0 Å². The van der Waals surface area contributed by atoms with E-state index in [0.717, 1.165) is 23.0 Å². The van der Waals surface area contributed by atoms with Gasteiger partial charge in [-0.2, -0.15) is 0 Å². The summed E-state index contributed by atoms with van der Waals surface area (Å²) in [5.41, 5.74) is 0.833. The highest BCUT2D eigenvalue weighted by molar-refractivity contribution is 9.10. The van der Waals surface area contributed by atoms with Crippen LogP contribution in [0.4, 0.5) is 5.69 Å². The summed E-state index contributed by atoms with van der Waals surface area (Å²) >= 11 is 3.46. The minimum atomic E-state index is -0.260. The normalized spacial score (nSPS) is 19.7. The molecule has 1 aromatic rings. The molecule has 2 unspecified atom stereocenters. The first-order valence-electron chi connectivity index (χ1n) is 7.38. The number of carbonyl (C=O) groups is 2. The molecule has 0 saturated carbocycles. The molecule has 1 fully saturated rings. The maximum atomic E-state index is 12.2. The fraction of sp³-hybridized carbons (Fsp3) is 0.500. The monoisotopic (exact) mass is 352 g/mol. The van der Waals surface area contributed by atoms with Crippen molar-refractivity contribution in [2.24, 2.45) is 5.92 Å². The second-order valence-electron chi connectivity index (χ2n) is 5.56. The van der Waals surface area contributed by atoms with E-state index in [1.165, 1.54) is 0 Å². The number of rotatable bonds is 5. The topological polar surface area (TPSA) is 49.4 Å². The van der Waals surface area contributed by atoms with Crippen molar-refractivity contribution < 1.29 is 9.59 Å². The van der Waals surface area contributed by atoms with Crippen molar-refractivity contribution in [2.75, 3.05) is 11.4 Å². The summed E-state index contributed by atoms with van der Waals surface area (Å²) in [6.07, 6.45) is 2.28. The zero-order valence-corrected chi connectivity index (χ0v) is 14.0. The Balaban J connectivity index is 2.03. The van der Waals surface area contributed by atoms with Crippen molar-refractivity contribution in [3.8, 4) is 0 Å². The fourth-order valence-corrected chi connectivity index (χ4v) is 3.15. The number of carbonyl (C=O) groups excluding carboxylic acids is 2. The number of hydrogen-bond acceptors (Lipinski definition) is 2. The van der Waals surface area contributed by atoms with Gasteiger partial charge in [-0.05, 0) is 41.4 Å². The third-order valence-corrected chi connectivity index (χ3v) is 4.42. The largest absolute Gasteiger partial charge is 0.353 e. The van der Waals surface area contributed by atoms with Crippen molar-refractivity contribution in [3.05, 3.63) is 28.7 Å². The van der Waals surface area contributed by atoms with Gasteiger partial charge in [0, 0.05) is 23.5 Å². The molecule has 4 nitrogen and oxygen atoms in total. The number of para-hydroxylation sites is 1. The van der Waals surface area contributed by atoms with E-state index in [4.69, 9.17) is 0 Å². The average Bonchev–Trinajstić information content (AvgIpc) is 2.81. The van der Waals surface area contributed by atoms with Gasteiger partial charge < -0.3 is 10.2 Å². The predicted octanol–water partition coefficient (Wildman–Crippen LogP) is 3.11. The van der Waals surface area contributed by atoms with E-state index in [1.54, 1.807) is 4.90 Å². The molecule has 2 amide bonds. The third-order valence-electron chi connectivity index (χ3n) is 3.75. The lowest BCUT2D eigenvalue weighted by Gasteiger charge is -2.19. The molecule has 1 saturated heterocycles. The molecule has 2 rings (SSSR count). The second-order valence-corrected chi connectivity index (χ2v) is 6.41. The van der Waals surface area contributed by atoms with Crippen LogP contribution in [-0.2, 0) is 9.59 Å². The van der Waals surface area contributed by atoms with Crippen LogP contribution in [-0.4, -0.2) is 24.4 Å². The minimum absolute atomic E-state index is 0.00481. The number of benzene rings is 1. The van der Waals surface area contributed by atoms with E-state index in [9.17, 15) is 9.59 Å². The highest BCUT2D eigenvalue weighted by atomic mass is 79.9. The molecular weight excluding hydrogens is 332 g/mol. The van der Waals surface area contributed by atoms with Gasteiger partial charge in [0.05, 0.1) is 11.6 Å². The van der Waals surface area contributed by atoms with Crippen LogP contribution in [0.5, 0.6) is 0 Å². The van der Waals surface area contributed by atoms with Gasteiger partial charge in [0.2, 0.25) is 11.8 Å². The maximum absolute atomic E-state index is 12.2. The van der Waals surface area contributed by atoms with Gasteiger partial charge in [0.1, 0.15) is 0 Å². The Hall–Kier alpha value is -1.36. The predicted molar refractivity (Wildman–Crippen MR) is 87.1 cm³/mol. The Morgan fingerprint density at radius 1 is 1.48 bits per heavy atom. The highest BCUT2D eigenvalue weighted by Crippen LogP contribution is 2.31. The lowest BCUT2D eigenvalue weighted by atomic mass is 10.1. The molecule has 1 aromatic carbocycles. The molecule has 0 radical (unpaired) electrons. The van der Waals surface area contributed by atoms with Crippen LogP contribution in [0.2, 0.25) is 0 Å². The van der Waals surface area contributed by atoms with Crippen molar-refractivity contribution in [2.45, 2.75) is 39.2 Å². The minimum Gasteiger partial charge on any atom is -0.353 e. The molecule has 1 aliphatic rings. The van der Waals surface area contributed by atoms with Crippen LogP contribution in [0.1, 0.15) is 33.1 Å². The maximum Gasteiger partial charge on any atom is 0.227 e. The van der Waals surface area contributed by atoms with Crippen molar-refractivity contribution in [1.82, 2.24) is 5.32 Å². The summed E-state index contributed by atoms with van der Waals surface area (Å²) in [5, 5.41) is 3.00. The number of nitrogens with zero attached hydrogens (tertiary/aromatic N) is 1. The van der Waals surface area contributed by atoms with E-state index in [1.807, 2.05) is 31.2 Å². The SMILES string of the molecule is CCCC(C)NC(=O)C1CC(=O)N(c2ccccc2Br)C1. The Labute approximate surface area is 134 Å². The molecule has 0 spiro atoms. The van der Waals surface area contributed by atoms with Gasteiger partial charge >= 0.3 is 0 Å². The summed E-state index contributed by atoms with van der Waals surface area (Å²) < 4.78 is 0.874. The van der Waals surface area contributed by atoms with Crippen molar-refractivity contribution in [3.63, 3.8) is 0 Å². The molecule has 0 aromatic heterocycles. The first kappa shape index (κ1) is 16.0. The number of hydrogen-bond donors (Lipinski definition) is 1. The number of anilines is 1. The Morgan fingerprint density at radius 2 is 2.19 bits per heavy atom. The number of nitrogens with one attached hydrogen (secondary N) is 1. The zero-order chi connectivity index (χ0) is 15.4. The second kappa shape index (κ2) is 7.07. The number of halogens is 1. The summed E-state index contributed by atoms with van der Waals surface area (Å²) in [4.78, 5) is 26.1. The summed E-state index contributed by atoms with van der Waals surface area (Å²) in [6.45, 7) is 4.55. The Morgan fingerprint density at radius 3 is 2.86 bits per heavy atom. The van der Waals surface area contributed by atoms with Gasteiger partial charge in [-0.3, -0.25) is 9.59 Å². The quantitative estimate of drug-likeness (QED) is 0.884. The molecule has 1 heterocycles. The lowest BCUT2D eigenvalue weighted by Crippen LogP contribution is -2.38. The lowest BCUT2D eigenvalue weighted by molar-refractivity contribution is -0.126. The first-order valence-corrected chi connectivity index (χ1v) is 8.17. The summed E-state index contributed by atoms with van der Waals surface area (Å²) in [5.74, 6) is -0.270. The third kappa shape index (κ3) is 3.84. The van der Waals surface area contributed by atoms with Crippen LogP contribution in [0.3, 0.4) is 0 Å². The Kier molecular flexibility index (Phi) is 5.39. The molecule has 1 aliphatic heterocycles. The zero-order valence-electron chi connectivity index (χ0n) is 12.4. The molecule has 0 aliphatic carbocycles. The van der Waals surface area contributed by atoms with Gasteiger partial charge in [-0.15, -0.1) is 0 Å².